The highest BCUT2D eigenvalue weighted by Gasteiger charge is 2.01. The first-order valence-electron chi connectivity index (χ1n) is 4.41. The average molecular weight is 235 g/mol. The van der Waals surface area contributed by atoms with Crippen LogP contribution in [0.25, 0.3) is 0 Å². The van der Waals surface area contributed by atoms with Crippen molar-refractivity contribution < 1.29 is 9.53 Å². The highest BCUT2D eigenvalue weighted by atomic mass is 35.5. The molecule has 0 aromatic carbocycles. The number of hydrogen-bond acceptors (Lipinski definition) is 4. The molecule has 0 spiro atoms. The fourth-order valence-electron chi connectivity index (χ4n) is 0.882. The van der Waals surface area contributed by atoms with Crippen LogP contribution in [0.3, 0.4) is 0 Å². The molecule has 1 aromatic rings. The summed E-state index contributed by atoms with van der Waals surface area (Å²) in [7, 11) is 0. The van der Waals surface area contributed by atoms with Crippen molar-refractivity contribution in [3.8, 4) is 17.9 Å². The van der Waals surface area contributed by atoms with Crippen molar-refractivity contribution >= 4 is 17.6 Å². The van der Waals surface area contributed by atoms with Crippen molar-refractivity contribution in [2.45, 2.75) is 6.92 Å². The SMILES string of the molecule is CCOC(=O)C#Cc1cc(C#N)cnc1Cl. The van der Waals surface area contributed by atoms with Gasteiger partial charge in [-0.3, -0.25) is 0 Å². The van der Waals surface area contributed by atoms with E-state index in [0.29, 0.717) is 11.1 Å². The lowest BCUT2D eigenvalue weighted by Gasteiger charge is -1.95. The Hall–Kier alpha value is -2.04. The van der Waals surface area contributed by atoms with Crippen LogP contribution in [0.5, 0.6) is 0 Å². The third-order valence-electron chi connectivity index (χ3n) is 1.54. The molecule has 0 aliphatic rings. The molecule has 0 N–H and O–H groups in total. The predicted molar refractivity (Wildman–Crippen MR) is 57.5 cm³/mol. The molecule has 1 heterocycles. The Balaban J connectivity index is 2.96. The van der Waals surface area contributed by atoms with Gasteiger partial charge in [0.1, 0.15) is 11.2 Å². The summed E-state index contributed by atoms with van der Waals surface area (Å²) in [6.45, 7) is 1.95. The number of ether oxygens (including phenoxy) is 1. The Labute approximate surface area is 97.8 Å². The van der Waals surface area contributed by atoms with Crippen LogP contribution in [-0.2, 0) is 9.53 Å². The topological polar surface area (TPSA) is 63.0 Å². The van der Waals surface area contributed by atoms with E-state index in [1.165, 1.54) is 12.3 Å². The van der Waals surface area contributed by atoms with Crippen molar-refractivity contribution in [3.63, 3.8) is 0 Å². The van der Waals surface area contributed by atoms with Crippen LogP contribution in [0.2, 0.25) is 5.15 Å². The first-order valence-corrected chi connectivity index (χ1v) is 4.79. The second-order valence-electron chi connectivity index (χ2n) is 2.64. The Morgan fingerprint density at radius 2 is 2.44 bits per heavy atom. The number of pyridine rings is 1. The Morgan fingerprint density at radius 3 is 3.06 bits per heavy atom. The quantitative estimate of drug-likeness (QED) is 0.420. The molecule has 0 atom stereocenters. The standard InChI is InChI=1S/C11H7ClN2O2/c1-2-16-10(15)4-3-9-5-8(6-13)7-14-11(9)12/h5,7H,2H2,1H3. The normalized spacial score (nSPS) is 8.56. The second kappa shape index (κ2) is 5.75. The minimum atomic E-state index is -0.638. The van der Waals surface area contributed by atoms with Crippen molar-refractivity contribution in [1.29, 1.82) is 5.26 Å². The van der Waals surface area contributed by atoms with Gasteiger partial charge in [0.25, 0.3) is 0 Å². The van der Waals surface area contributed by atoms with Crippen molar-refractivity contribution in [2.24, 2.45) is 0 Å². The second-order valence-corrected chi connectivity index (χ2v) is 3.00. The molecule has 0 amide bonds. The Bertz CT molecular complexity index is 509. The summed E-state index contributed by atoms with van der Waals surface area (Å²) in [5, 5.41) is 8.79. The number of rotatable bonds is 1. The number of aromatic nitrogens is 1. The lowest BCUT2D eigenvalue weighted by Crippen LogP contribution is -1.99. The minimum absolute atomic E-state index is 0.149. The van der Waals surface area contributed by atoms with Gasteiger partial charge in [0.05, 0.1) is 17.7 Å². The zero-order chi connectivity index (χ0) is 12.0. The van der Waals surface area contributed by atoms with Gasteiger partial charge in [-0.25, -0.2) is 9.78 Å². The van der Waals surface area contributed by atoms with E-state index in [-0.39, 0.29) is 11.8 Å². The maximum atomic E-state index is 11.0. The molecule has 0 saturated carbocycles. The average Bonchev–Trinajstić information content (AvgIpc) is 2.28. The van der Waals surface area contributed by atoms with Crippen molar-refractivity contribution in [1.82, 2.24) is 4.98 Å². The molecule has 1 aromatic heterocycles. The molecule has 16 heavy (non-hydrogen) atoms. The first-order chi connectivity index (χ1) is 7.67. The number of nitrogens with zero attached hydrogens (tertiary/aromatic N) is 2. The molecule has 5 heteroatoms. The molecular formula is C11H7ClN2O2. The van der Waals surface area contributed by atoms with Crippen molar-refractivity contribution in [3.05, 3.63) is 28.5 Å². The minimum Gasteiger partial charge on any atom is -0.456 e. The third kappa shape index (κ3) is 3.27. The summed E-state index contributed by atoms with van der Waals surface area (Å²) in [5.74, 6) is 4.11. The molecule has 0 saturated heterocycles. The van der Waals surface area contributed by atoms with E-state index in [4.69, 9.17) is 16.9 Å². The van der Waals surface area contributed by atoms with E-state index in [1.54, 1.807) is 6.92 Å². The van der Waals surface area contributed by atoms with Gasteiger partial charge < -0.3 is 4.74 Å². The van der Waals surface area contributed by atoms with Crippen LogP contribution in [0, 0.1) is 23.2 Å². The van der Waals surface area contributed by atoms with Gasteiger partial charge in [0.2, 0.25) is 0 Å². The molecule has 0 fully saturated rings. The highest BCUT2D eigenvalue weighted by molar-refractivity contribution is 6.30. The predicted octanol–water partition coefficient (Wildman–Crippen LogP) is 1.52. The van der Waals surface area contributed by atoms with Gasteiger partial charge in [0.15, 0.2) is 0 Å². The third-order valence-corrected chi connectivity index (χ3v) is 1.84. The molecular weight excluding hydrogens is 228 g/mol. The van der Waals surface area contributed by atoms with Crippen LogP contribution < -0.4 is 0 Å². The summed E-state index contributed by atoms with van der Waals surface area (Å²) < 4.78 is 4.62. The van der Waals surface area contributed by atoms with E-state index in [2.05, 4.69) is 21.6 Å². The number of halogens is 1. The fourth-order valence-corrected chi connectivity index (χ4v) is 1.03. The Kier molecular flexibility index (Phi) is 4.32. The summed E-state index contributed by atoms with van der Waals surface area (Å²) in [6.07, 6.45) is 1.33. The first kappa shape index (κ1) is 12.0. The van der Waals surface area contributed by atoms with Gasteiger partial charge in [-0.2, -0.15) is 5.26 Å². The molecule has 4 nitrogen and oxygen atoms in total. The summed E-state index contributed by atoms with van der Waals surface area (Å²) >= 11 is 5.74. The Morgan fingerprint density at radius 1 is 1.69 bits per heavy atom. The number of nitriles is 1. The van der Waals surface area contributed by atoms with Crippen molar-refractivity contribution in [2.75, 3.05) is 6.61 Å². The van der Waals surface area contributed by atoms with Crippen LogP contribution in [-0.4, -0.2) is 17.6 Å². The van der Waals surface area contributed by atoms with E-state index in [0.717, 1.165) is 0 Å². The van der Waals surface area contributed by atoms with E-state index in [1.807, 2.05) is 6.07 Å². The molecule has 0 unspecified atom stereocenters. The lowest BCUT2D eigenvalue weighted by atomic mass is 10.2. The van der Waals surface area contributed by atoms with E-state index in [9.17, 15) is 4.79 Å². The maximum absolute atomic E-state index is 11.0. The largest absolute Gasteiger partial charge is 0.456 e. The monoisotopic (exact) mass is 234 g/mol. The van der Waals surface area contributed by atoms with E-state index >= 15 is 0 Å². The van der Waals surface area contributed by atoms with Gasteiger partial charge in [-0.1, -0.05) is 17.5 Å². The summed E-state index contributed by atoms with van der Waals surface area (Å²) in [4.78, 5) is 14.7. The van der Waals surface area contributed by atoms with Gasteiger partial charge in [-0.05, 0) is 13.0 Å². The molecule has 1 rings (SSSR count). The van der Waals surface area contributed by atoms with Crippen LogP contribution in [0.1, 0.15) is 18.1 Å². The highest BCUT2D eigenvalue weighted by Crippen LogP contribution is 2.12. The number of carbonyl (C=O) groups excluding carboxylic acids is 1. The molecule has 0 radical (unpaired) electrons. The summed E-state index contributed by atoms with van der Waals surface area (Å²) in [6, 6.07) is 3.36. The fraction of sp³-hybridized carbons (Fsp3) is 0.182. The van der Waals surface area contributed by atoms with Gasteiger partial charge in [-0.15, -0.1) is 0 Å². The van der Waals surface area contributed by atoms with Crippen LogP contribution in [0.15, 0.2) is 12.3 Å². The number of carbonyl (C=O) groups is 1. The smallest absolute Gasteiger partial charge is 0.384 e. The summed E-state index contributed by atoms with van der Waals surface area (Å²) in [5.41, 5.74) is 0.659. The molecule has 0 aliphatic carbocycles. The van der Waals surface area contributed by atoms with Gasteiger partial charge in [0, 0.05) is 12.1 Å². The number of esters is 1. The van der Waals surface area contributed by atoms with Gasteiger partial charge >= 0.3 is 5.97 Å². The lowest BCUT2D eigenvalue weighted by molar-refractivity contribution is -0.136. The molecule has 80 valence electrons. The zero-order valence-electron chi connectivity index (χ0n) is 8.45. The van der Waals surface area contributed by atoms with Crippen LogP contribution in [0.4, 0.5) is 0 Å². The molecule has 0 bridgehead atoms. The van der Waals surface area contributed by atoms with E-state index < -0.39 is 5.97 Å². The number of hydrogen-bond donors (Lipinski definition) is 0. The maximum Gasteiger partial charge on any atom is 0.384 e. The zero-order valence-corrected chi connectivity index (χ0v) is 9.21. The molecule has 0 aliphatic heterocycles. The van der Waals surface area contributed by atoms with Crippen LogP contribution >= 0.6 is 11.6 Å².